The van der Waals surface area contributed by atoms with Gasteiger partial charge in [-0.1, -0.05) is 18.2 Å². The predicted molar refractivity (Wildman–Crippen MR) is 87.0 cm³/mol. The zero-order valence-electron chi connectivity index (χ0n) is 12.6. The molecular weight excluding hydrogens is 298 g/mol. The van der Waals surface area contributed by atoms with Gasteiger partial charge in [0, 0.05) is 31.0 Å². The van der Waals surface area contributed by atoms with Crippen LogP contribution in [0.4, 0.5) is 17.1 Å². The molecule has 0 saturated heterocycles. The summed E-state index contributed by atoms with van der Waals surface area (Å²) < 4.78 is 4.84. The minimum absolute atomic E-state index is 0.159. The van der Waals surface area contributed by atoms with Gasteiger partial charge in [0.25, 0.3) is 11.6 Å². The maximum atomic E-state index is 12.0. The Bertz CT molecular complexity index is 689. The van der Waals surface area contributed by atoms with Crippen LogP contribution in [0, 0.1) is 10.1 Å². The van der Waals surface area contributed by atoms with Crippen molar-refractivity contribution in [3.05, 3.63) is 64.2 Å². The third kappa shape index (κ3) is 4.52. The number of nitrogens with one attached hydrogen (secondary N) is 2. The summed E-state index contributed by atoms with van der Waals surface area (Å²) in [5.74, 6) is -0.378. The first-order chi connectivity index (χ1) is 11.1. The Morgan fingerprint density at radius 1 is 1.22 bits per heavy atom. The number of para-hydroxylation sites is 1. The Hall–Kier alpha value is -2.93. The van der Waals surface area contributed by atoms with Gasteiger partial charge in [-0.3, -0.25) is 14.9 Å². The summed E-state index contributed by atoms with van der Waals surface area (Å²) in [7, 11) is 1.53. The predicted octanol–water partition coefficient (Wildman–Crippen LogP) is 2.71. The number of hydrogen-bond donors (Lipinski definition) is 2. The van der Waals surface area contributed by atoms with Gasteiger partial charge in [0.1, 0.15) is 5.69 Å². The highest BCUT2D eigenvalue weighted by molar-refractivity contribution is 5.95. The molecule has 0 aliphatic rings. The summed E-state index contributed by atoms with van der Waals surface area (Å²) in [6.45, 7) is 0.717. The van der Waals surface area contributed by atoms with Crippen molar-refractivity contribution in [1.29, 1.82) is 0 Å². The molecule has 0 fully saturated rings. The van der Waals surface area contributed by atoms with E-state index in [0.29, 0.717) is 18.8 Å². The third-order valence-electron chi connectivity index (χ3n) is 3.10. The van der Waals surface area contributed by atoms with Gasteiger partial charge >= 0.3 is 0 Å². The van der Waals surface area contributed by atoms with Crippen molar-refractivity contribution in [1.82, 2.24) is 5.32 Å². The number of amides is 1. The quantitative estimate of drug-likeness (QED) is 0.465. The van der Waals surface area contributed by atoms with Crippen molar-refractivity contribution < 1.29 is 14.5 Å². The number of hydrogen-bond acceptors (Lipinski definition) is 5. The van der Waals surface area contributed by atoms with Gasteiger partial charge in [0.2, 0.25) is 0 Å². The second-order valence-electron chi connectivity index (χ2n) is 4.73. The van der Waals surface area contributed by atoms with E-state index in [1.54, 1.807) is 18.2 Å². The van der Waals surface area contributed by atoms with Gasteiger partial charge in [-0.2, -0.15) is 0 Å². The lowest BCUT2D eigenvalue weighted by atomic mass is 10.1. The summed E-state index contributed by atoms with van der Waals surface area (Å²) in [5.41, 5.74) is 1.13. The molecule has 0 atom stereocenters. The molecule has 0 spiro atoms. The van der Waals surface area contributed by atoms with Crippen LogP contribution < -0.4 is 10.6 Å². The molecule has 0 aliphatic carbocycles. The average molecular weight is 315 g/mol. The summed E-state index contributed by atoms with van der Waals surface area (Å²) >= 11 is 0. The fraction of sp³-hybridized carbons (Fsp3) is 0.188. The van der Waals surface area contributed by atoms with E-state index in [1.807, 2.05) is 18.2 Å². The van der Waals surface area contributed by atoms with Crippen LogP contribution in [-0.2, 0) is 4.74 Å². The van der Waals surface area contributed by atoms with Crippen LogP contribution >= 0.6 is 0 Å². The van der Waals surface area contributed by atoms with Crippen LogP contribution in [0.2, 0.25) is 0 Å². The summed E-state index contributed by atoms with van der Waals surface area (Å²) in [5, 5.41) is 16.9. The van der Waals surface area contributed by atoms with E-state index in [1.165, 1.54) is 19.2 Å². The molecule has 0 aromatic heterocycles. The first-order valence-corrected chi connectivity index (χ1v) is 6.99. The molecule has 2 N–H and O–H groups in total. The normalized spacial score (nSPS) is 10.1. The van der Waals surface area contributed by atoms with E-state index >= 15 is 0 Å². The lowest BCUT2D eigenvalue weighted by Crippen LogP contribution is -2.26. The number of anilines is 2. The zero-order valence-corrected chi connectivity index (χ0v) is 12.6. The van der Waals surface area contributed by atoms with Crippen molar-refractivity contribution in [3.63, 3.8) is 0 Å². The molecule has 2 aromatic rings. The lowest BCUT2D eigenvalue weighted by molar-refractivity contribution is -0.383. The van der Waals surface area contributed by atoms with E-state index in [9.17, 15) is 14.9 Å². The van der Waals surface area contributed by atoms with Crippen LogP contribution in [0.3, 0.4) is 0 Å². The molecule has 7 heteroatoms. The Labute approximate surface area is 133 Å². The number of nitrogens with zero attached hydrogens (tertiary/aromatic N) is 1. The fourth-order valence-electron chi connectivity index (χ4n) is 1.98. The molecule has 2 rings (SSSR count). The second kappa shape index (κ2) is 7.90. The average Bonchev–Trinajstić information content (AvgIpc) is 2.56. The minimum atomic E-state index is -0.517. The molecule has 7 nitrogen and oxygen atoms in total. The molecule has 0 heterocycles. The van der Waals surface area contributed by atoms with Gasteiger partial charge in [-0.25, -0.2) is 0 Å². The number of rotatable bonds is 7. The number of ether oxygens (including phenoxy) is 1. The molecule has 0 saturated carbocycles. The van der Waals surface area contributed by atoms with Gasteiger partial charge < -0.3 is 15.4 Å². The highest BCUT2D eigenvalue weighted by Crippen LogP contribution is 2.28. The SMILES string of the molecule is COCCNC(=O)c1ccc(Nc2ccccc2)c([N+](=O)[O-])c1. The largest absolute Gasteiger partial charge is 0.383 e. The third-order valence-corrected chi connectivity index (χ3v) is 3.10. The molecule has 120 valence electrons. The number of methoxy groups -OCH3 is 1. The van der Waals surface area contributed by atoms with Crippen molar-refractivity contribution in [2.75, 3.05) is 25.6 Å². The smallest absolute Gasteiger partial charge is 0.293 e. The van der Waals surface area contributed by atoms with Crippen LogP contribution in [0.15, 0.2) is 48.5 Å². The fourth-order valence-corrected chi connectivity index (χ4v) is 1.98. The van der Waals surface area contributed by atoms with E-state index in [2.05, 4.69) is 10.6 Å². The van der Waals surface area contributed by atoms with Crippen molar-refractivity contribution in [2.24, 2.45) is 0 Å². The standard InChI is InChI=1S/C16H17N3O4/c1-23-10-9-17-16(20)12-7-8-14(15(11-12)19(21)22)18-13-5-3-2-4-6-13/h2-8,11,18H,9-10H2,1H3,(H,17,20). The molecule has 23 heavy (non-hydrogen) atoms. The number of benzene rings is 2. The number of carbonyl (C=O) groups excluding carboxylic acids is 1. The van der Waals surface area contributed by atoms with E-state index in [0.717, 1.165) is 5.69 Å². The topological polar surface area (TPSA) is 93.5 Å². The molecule has 0 aliphatic heterocycles. The van der Waals surface area contributed by atoms with Crippen LogP contribution in [-0.4, -0.2) is 31.1 Å². The molecule has 2 aromatic carbocycles. The van der Waals surface area contributed by atoms with Gasteiger partial charge in [-0.05, 0) is 24.3 Å². The van der Waals surface area contributed by atoms with E-state index < -0.39 is 4.92 Å². The van der Waals surface area contributed by atoms with Gasteiger partial charge in [0.15, 0.2) is 0 Å². The molecule has 0 radical (unpaired) electrons. The van der Waals surface area contributed by atoms with Gasteiger partial charge in [0.05, 0.1) is 11.5 Å². The minimum Gasteiger partial charge on any atom is -0.383 e. The maximum absolute atomic E-state index is 12.0. The molecular formula is C16H17N3O4. The number of nitro groups is 1. The second-order valence-corrected chi connectivity index (χ2v) is 4.73. The zero-order chi connectivity index (χ0) is 16.7. The number of carbonyl (C=O) groups is 1. The Morgan fingerprint density at radius 2 is 1.96 bits per heavy atom. The highest BCUT2D eigenvalue weighted by atomic mass is 16.6. The summed E-state index contributed by atoms with van der Waals surface area (Å²) in [4.78, 5) is 22.7. The molecule has 0 unspecified atom stereocenters. The maximum Gasteiger partial charge on any atom is 0.293 e. The molecule has 0 bridgehead atoms. The lowest BCUT2D eigenvalue weighted by Gasteiger charge is -2.09. The highest BCUT2D eigenvalue weighted by Gasteiger charge is 2.17. The Morgan fingerprint density at radius 3 is 2.61 bits per heavy atom. The number of nitro benzene ring substituents is 1. The monoisotopic (exact) mass is 315 g/mol. The Balaban J connectivity index is 2.21. The summed E-state index contributed by atoms with van der Waals surface area (Å²) in [6, 6.07) is 13.4. The van der Waals surface area contributed by atoms with E-state index in [4.69, 9.17) is 4.74 Å². The van der Waals surface area contributed by atoms with Crippen LogP contribution in [0.1, 0.15) is 10.4 Å². The van der Waals surface area contributed by atoms with Gasteiger partial charge in [-0.15, -0.1) is 0 Å². The van der Waals surface area contributed by atoms with Crippen LogP contribution in [0.25, 0.3) is 0 Å². The van der Waals surface area contributed by atoms with Crippen LogP contribution in [0.5, 0.6) is 0 Å². The summed E-state index contributed by atoms with van der Waals surface area (Å²) in [6.07, 6.45) is 0. The van der Waals surface area contributed by atoms with Crippen molar-refractivity contribution in [2.45, 2.75) is 0 Å². The molecule has 1 amide bonds. The van der Waals surface area contributed by atoms with Crippen molar-refractivity contribution >= 4 is 23.0 Å². The first-order valence-electron chi connectivity index (χ1n) is 6.99. The Kier molecular flexibility index (Phi) is 5.65. The first kappa shape index (κ1) is 16.4. The van der Waals surface area contributed by atoms with Crippen molar-refractivity contribution in [3.8, 4) is 0 Å². The van der Waals surface area contributed by atoms with E-state index in [-0.39, 0.29) is 17.2 Å².